The van der Waals surface area contributed by atoms with Gasteiger partial charge in [-0.3, -0.25) is 9.97 Å². The van der Waals surface area contributed by atoms with Crippen LogP contribution in [0.3, 0.4) is 0 Å². The van der Waals surface area contributed by atoms with E-state index in [-0.39, 0.29) is 12.4 Å². The molecule has 0 bridgehead atoms. The molecule has 6 nitrogen and oxygen atoms in total. The van der Waals surface area contributed by atoms with Crippen LogP contribution in [0.1, 0.15) is 12.5 Å². The largest absolute Gasteiger partial charge is 0.383 e. The van der Waals surface area contributed by atoms with Crippen molar-refractivity contribution in [2.45, 2.75) is 19.5 Å². The van der Waals surface area contributed by atoms with Gasteiger partial charge in [-0.15, -0.1) is 0 Å². The summed E-state index contributed by atoms with van der Waals surface area (Å²) in [4.78, 5) is 10.8. The zero-order valence-corrected chi connectivity index (χ0v) is 14.8. The second-order valence-corrected chi connectivity index (χ2v) is 6.73. The summed E-state index contributed by atoms with van der Waals surface area (Å²) in [5.41, 5.74) is 4.29. The lowest BCUT2D eigenvalue weighted by Gasteiger charge is -2.37. The number of dihydropyridines is 1. The monoisotopic (exact) mass is 354 g/mol. The van der Waals surface area contributed by atoms with Gasteiger partial charge in [0.1, 0.15) is 5.83 Å². The highest BCUT2D eigenvalue weighted by molar-refractivity contribution is 5.74. The number of halogens is 1. The van der Waals surface area contributed by atoms with Crippen LogP contribution in [-0.4, -0.2) is 47.1 Å². The number of benzene rings is 1. The summed E-state index contributed by atoms with van der Waals surface area (Å²) in [5, 5.41) is 9.79. The first-order valence-corrected chi connectivity index (χ1v) is 8.95. The lowest BCUT2D eigenvalue weighted by atomic mass is 10.1. The maximum Gasteiger partial charge on any atom is 0.144 e. The Kier molecular flexibility index (Phi) is 4.71. The van der Waals surface area contributed by atoms with Gasteiger partial charge in [0.2, 0.25) is 0 Å². The number of aromatic nitrogens is 2. The molecule has 7 heteroatoms. The Bertz CT molecular complexity index is 862. The molecule has 1 fully saturated rings. The molecular weight excluding hydrogens is 331 g/mol. The summed E-state index contributed by atoms with van der Waals surface area (Å²) in [6.07, 6.45) is 5.24. The molecule has 0 saturated carbocycles. The molecule has 3 heterocycles. The van der Waals surface area contributed by atoms with Gasteiger partial charge >= 0.3 is 0 Å². The van der Waals surface area contributed by atoms with Crippen LogP contribution < -0.4 is 16.0 Å². The Morgan fingerprint density at radius 3 is 2.96 bits per heavy atom. The van der Waals surface area contributed by atoms with Gasteiger partial charge in [0.05, 0.1) is 29.0 Å². The van der Waals surface area contributed by atoms with E-state index in [1.807, 2.05) is 24.4 Å². The number of nitrogens with one attached hydrogen (secondary N) is 3. The molecule has 2 aliphatic rings. The average Bonchev–Trinajstić information content (AvgIpc) is 2.66. The van der Waals surface area contributed by atoms with E-state index in [1.54, 1.807) is 12.4 Å². The summed E-state index contributed by atoms with van der Waals surface area (Å²) < 4.78 is 14.6. The number of fused-ring (bicyclic) bond motifs is 1. The molecule has 0 aliphatic carbocycles. The minimum Gasteiger partial charge on any atom is -0.383 e. The third-order valence-corrected chi connectivity index (χ3v) is 4.72. The highest BCUT2D eigenvalue weighted by atomic mass is 19.1. The van der Waals surface area contributed by atoms with Crippen LogP contribution in [-0.2, 0) is 6.54 Å². The van der Waals surface area contributed by atoms with Crippen molar-refractivity contribution < 1.29 is 4.39 Å². The lowest BCUT2D eigenvalue weighted by molar-refractivity contribution is 0.248. The van der Waals surface area contributed by atoms with Gasteiger partial charge in [-0.2, -0.15) is 0 Å². The minimum atomic E-state index is -0.117. The first-order valence-electron chi connectivity index (χ1n) is 8.95. The molecule has 26 heavy (non-hydrogen) atoms. The van der Waals surface area contributed by atoms with Crippen molar-refractivity contribution in [2.24, 2.45) is 0 Å². The van der Waals surface area contributed by atoms with E-state index in [4.69, 9.17) is 0 Å². The van der Waals surface area contributed by atoms with Crippen molar-refractivity contribution in [3.8, 4) is 0 Å². The Morgan fingerprint density at radius 1 is 1.27 bits per heavy atom. The molecule has 3 N–H and O–H groups in total. The molecule has 0 amide bonds. The molecule has 136 valence electrons. The van der Waals surface area contributed by atoms with E-state index in [1.165, 1.54) is 0 Å². The van der Waals surface area contributed by atoms with E-state index in [0.29, 0.717) is 18.3 Å². The van der Waals surface area contributed by atoms with Gasteiger partial charge in [-0.25, -0.2) is 4.39 Å². The maximum atomic E-state index is 14.6. The molecule has 1 saturated heterocycles. The molecule has 0 radical (unpaired) electrons. The fourth-order valence-corrected chi connectivity index (χ4v) is 3.47. The summed E-state index contributed by atoms with van der Waals surface area (Å²) in [6.45, 7) is 5.43. The molecule has 1 aromatic carbocycles. The van der Waals surface area contributed by atoms with E-state index in [9.17, 15) is 4.39 Å². The van der Waals surface area contributed by atoms with Gasteiger partial charge in [0.25, 0.3) is 0 Å². The zero-order valence-electron chi connectivity index (χ0n) is 14.8. The van der Waals surface area contributed by atoms with Gasteiger partial charge in [0, 0.05) is 50.8 Å². The molecule has 2 aromatic rings. The van der Waals surface area contributed by atoms with E-state index in [2.05, 4.69) is 37.7 Å². The molecular formula is C19H23FN6. The molecule has 1 unspecified atom stereocenters. The Hall–Kier alpha value is -2.67. The van der Waals surface area contributed by atoms with Crippen LogP contribution >= 0.6 is 0 Å². The number of hydrogen-bond acceptors (Lipinski definition) is 6. The fourth-order valence-electron chi connectivity index (χ4n) is 3.47. The number of rotatable bonds is 4. The lowest BCUT2D eigenvalue weighted by Crippen LogP contribution is -2.50. The van der Waals surface area contributed by atoms with Crippen molar-refractivity contribution in [1.29, 1.82) is 0 Å². The van der Waals surface area contributed by atoms with Crippen molar-refractivity contribution in [3.05, 3.63) is 59.6 Å². The summed E-state index contributed by atoms with van der Waals surface area (Å²) in [6, 6.07) is 6.34. The van der Waals surface area contributed by atoms with Crippen molar-refractivity contribution in [1.82, 2.24) is 30.8 Å². The molecule has 4 rings (SSSR count). The number of nitrogens with zero attached hydrogens (tertiary/aromatic N) is 3. The minimum absolute atomic E-state index is 0.117. The van der Waals surface area contributed by atoms with E-state index >= 15 is 0 Å². The van der Waals surface area contributed by atoms with E-state index < -0.39 is 0 Å². The van der Waals surface area contributed by atoms with Crippen LogP contribution in [0.25, 0.3) is 11.0 Å². The Morgan fingerprint density at radius 2 is 2.12 bits per heavy atom. The molecule has 1 aromatic heterocycles. The standard InChI is InChI=1S/C19H23FN6/c1-13-12-26(7-6-22-13)19-15(20)10-21-11-18(19)25-9-14-2-3-16-17(8-14)24-5-4-23-16/h2-5,8,11,13,21-22,25H,6-7,9-10,12H2,1H3. The highest BCUT2D eigenvalue weighted by Gasteiger charge is 2.25. The SMILES string of the molecule is CC1CN(C2=C(F)CNC=C2NCc2ccc3nccnc3c2)CCN1. The van der Waals surface area contributed by atoms with Crippen molar-refractivity contribution in [2.75, 3.05) is 26.2 Å². The fraction of sp³-hybridized carbons (Fsp3) is 0.368. The smallest absolute Gasteiger partial charge is 0.144 e. The summed E-state index contributed by atoms with van der Waals surface area (Å²) in [7, 11) is 0. The van der Waals surface area contributed by atoms with Gasteiger partial charge in [-0.05, 0) is 24.6 Å². The first kappa shape index (κ1) is 16.8. The van der Waals surface area contributed by atoms with Crippen molar-refractivity contribution in [3.63, 3.8) is 0 Å². The zero-order chi connectivity index (χ0) is 17.9. The molecule has 0 spiro atoms. The second-order valence-electron chi connectivity index (χ2n) is 6.73. The van der Waals surface area contributed by atoms with Gasteiger partial charge < -0.3 is 20.9 Å². The highest BCUT2D eigenvalue weighted by Crippen LogP contribution is 2.23. The van der Waals surface area contributed by atoms with Crippen LogP contribution in [0.2, 0.25) is 0 Å². The quantitative estimate of drug-likeness (QED) is 0.776. The average molecular weight is 354 g/mol. The van der Waals surface area contributed by atoms with E-state index in [0.717, 1.165) is 41.9 Å². The summed E-state index contributed by atoms with van der Waals surface area (Å²) in [5.74, 6) is -0.117. The van der Waals surface area contributed by atoms with Crippen LogP contribution in [0.4, 0.5) is 4.39 Å². The Balaban J connectivity index is 1.51. The Labute approximate surface area is 152 Å². The predicted octanol–water partition coefficient (Wildman–Crippen LogP) is 1.64. The molecule has 1 atom stereocenters. The number of hydrogen-bond donors (Lipinski definition) is 3. The topological polar surface area (TPSA) is 65.1 Å². The second kappa shape index (κ2) is 7.29. The van der Waals surface area contributed by atoms with Crippen LogP contribution in [0.15, 0.2) is 54.0 Å². The van der Waals surface area contributed by atoms with Crippen LogP contribution in [0.5, 0.6) is 0 Å². The number of piperazine rings is 1. The third kappa shape index (κ3) is 3.48. The predicted molar refractivity (Wildman–Crippen MR) is 99.6 cm³/mol. The maximum absolute atomic E-state index is 14.6. The van der Waals surface area contributed by atoms with Crippen molar-refractivity contribution >= 4 is 11.0 Å². The summed E-state index contributed by atoms with van der Waals surface area (Å²) >= 11 is 0. The van der Waals surface area contributed by atoms with Gasteiger partial charge in [-0.1, -0.05) is 6.07 Å². The molecule has 2 aliphatic heterocycles. The first-order chi connectivity index (χ1) is 12.7. The van der Waals surface area contributed by atoms with Gasteiger partial charge in [0.15, 0.2) is 0 Å². The van der Waals surface area contributed by atoms with Crippen LogP contribution in [0, 0.1) is 0 Å². The normalized spacial score (nSPS) is 20.8. The third-order valence-electron chi connectivity index (χ3n) is 4.72.